The van der Waals surface area contributed by atoms with Crippen LogP contribution >= 0.6 is 0 Å². The van der Waals surface area contributed by atoms with Gasteiger partial charge >= 0.3 is 6.03 Å². The first-order chi connectivity index (χ1) is 6.11. The van der Waals surface area contributed by atoms with Gasteiger partial charge in [-0.05, 0) is 31.1 Å². The van der Waals surface area contributed by atoms with Crippen LogP contribution in [0, 0.1) is 11.8 Å². The topological polar surface area (TPSA) is 41.1 Å². The van der Waals surface area contributed by atoms with Crippen molar-refractivity contribution in [2.24, 2.45) is 11.8 Å². The molecule has 1 spiro atoms. The highest BCUT2D eigenvalue weighted by Crippen LogP contribution is 2.44. The van der Waals surface area contributed by atoms with Crippen LogP contribution in [0.15, 0.2) is 0 Å². The number of rotatable bonds is 1. The third-order valence-electron chi connectivity index (χ3n) is 3.52. The molecule has 0 radical (unpaired) electrons. The highest BCUT2D eigenvalue weighted by molar-refractivity contribution is 5.75. The van der Waals surface area contributed by atoms with Gasteiger partial charge in [0.2, 0.25) is 0 Å². The number of hydrogen-bond donors (Lipinski definition) is 2. The molecule has 2 fully saturated rings. The molecule has 2 aliphatic rings. The molecule has 0 aromatic carbocycles. The molecule has 1 aliphatic heterocycles. The summed E-state index contributed by atoms with van der Waals surface area (Å²) in [6.07, 6.45) is 3.46. The smallest absolute Gasteiger partial charge is 0.315 e. The van der Waals surface area contributed by atoms with E-state index in [0.717, 1.165) is 24.8 Å². The van der Waals surface area contributed by atoms with Crippen LogP contribution in [0.4, 0.5) is 4.79 Å². The van der Waals surface area contributed by atoms with Crippen LogP contribution in [-0.4, -0.2) is 18.1 Å². The van der Waals surface area contributed by atoms with E-state index in [4.69, 9.17) is 0 Å². The lowest BCUT2D eigenvalue weighted by Gasteiger charge is -2.51. The van der Waals surface area contributed by atoms with Crippen molar-refractivity contribution in [1.29, 1.82) is 0 Å². The fraction of sp³-hybridized carbons (Fsp3) is 0.900. The highest BCUT2D eigenvalue weighted by Gasteiger charge is 2.47. The van der Waals surface area contributed by atoms with E-state index in [1.54, 1.807) is 0 Å². The molecular formula is C10H18N2O. The predicted molar refractivity (Wildman–Crippen MR) is 51.4 cm³/mol. The molecule has 1 saturated heterocycles. The third-order valence-corrected chi connectivity index (χ3v) is 3.52. The summed E-state index contributed by atoms with van der Waals surface area (Å²) in [5, 5.41) is 5.86. The first-order valence-electron chi connectivity index (χ1n) is 5.17. The highest BCUT2D eigenvalue weighted by atomic mass is 16.2. The quantitative estimate of drug-likeness (QED) is 0.634. The Bertz CT molecular complexity index is 219. The maximum Gasteiger partial charge on any atom is 0.315 e. The van der Waals surface area contributed by atoms with Crippen molar-refractivity contribution < 1.29 is 4.79 Å². The SMILES string of the molecule is CC(C)C1CC2(CCNC(=O)N2)C1. The second-order valence-electron chi connectivity index (χ2n) is 4.82. The predicted octanol–water partition coefficient (Wildman–Crippen LogP) is 1.49. The number of carbonyl (C=O) groups excluding carboxylic acids is 1. The molecular weight excluding hydrogens is 164 g/mol. The van der Waals surface area contributed by atoms with E-state index in [0.29, 0.717) is 0 Å². The Morgan fingerprint density at radius 1 is 1.46 bits per heavy atom. The molecule has 0 bridgehead atoms. The van der Waals surface area contributed by atoms with Crippen molar-refractivity contribution in [1.82, 2.24) is 10.6 Å². The average molecular weight is 182 g/mol. The van der Waals surface area contributed by atoms with Crippen LogP contribution in [0.2, 0.25) is 0 Å². The van der Waals surface area contributed by atoms with E-state index in [1.165, 1.54) is 12.8 Å². The van der Waals surface area contributed by atoms with Gasteiger partial charge in [-0.3, -0.25) is 0 Å². The zero-order chi connectivity index (χ0) is 9.47. The zero-order valence-electron chi connectivity index (χ0n) is 8.39. The summed E-state index contributed by atoms with van der Waals surface area (Å²) in [5.41, 5.74) is 0.164. The second kappa shape index (κ2) is 2.89. The summed E-state index contributed by atoms with van der Waals surface area (Å²) in [5.74, 6) is 1.58. The normalized spacial score (nSPS) is 38.4. The van der Waals surface area contributed by atoms with Crippen molar-refractivity contribution in [3.63, 3.8) is 0 Å². The Kier molecular flexibility index (Phi) is 1.97. The van der Waals surface area contributed by atoms with Crippen LogP contribution in [-0.2, 0) is 0 Å². The molecule has 2 N–H and O–H groups in total. The minimum Gasteiger partial charge on any atom is -0.338 e. The van der Waals surface area contributed by atoms with Gasteiger partial charge < -0.3 is 10.6 Å². The summed E-state index contributed by atoms with van der Waals surface area (Å²) < 4.78 is 0. The van der Waals surface area contributed by atoms with Gasteiger partial charge in [0.1, 0.15) is 0 Å². The molecule has 2 rings (SSSR count). The monoisotopic (exact) mass is 182 g/mol. The maximum atomic E-state index is 11.1. The van der Waals surface area contributed by atoms with E-state index < -0.39 is 0 Å². The molecule has 3 nitrogen and oxygen atoms in total. The molecule has 1 aliphatic carbocycles. The largest absolute Gasteiger partial charge is 0.338 e. The lowest BCUT2D eigenvalue weighted by Crippen LogP contribution is -2.64. The molecule has 0 aromatic rings. The molecule has 2 amide bonds. The first kappa shape index (κ1) is 8.85. The van der Waals surface area contributed by atoms with Gasteiger partial charge in [0, 0.05) is 12.1 Å². The summed E-state index contributed by atoms with van der Waals surface area (Å²) >= 11 is 0. The standard InChI is InChI=1S/C10H18N2O/c1-7(2)8-5-10(6-8)3-4-11-9(13)12-10/h7-8H,3-6H2,1-2H3,(H2,11,12,13). The third kappa shape index (κ3) is 1.52. The minimum absolute atomic E-state index is 0.0217. The first-order valence-corrected chi connectivity index (χ1v) is 5.17. The zero-order valence-corrected chi connectivity index (χ0v) is 8.39. The van der Waals surface area contributed by atoms with Gasteiger partial charge in [-0.15, -0.1) is 0 Å². The van der Waals surface area contributed by atoms with Gasteiger partial charge in [0.05, 0.1) is 0 Å². The Morgan fingerprint density at radius 2 is 2.15 bits per heavy atom. The Morgan fingerprint density at radius 3 is 2.69 bits per heavy atom. The van der Waals surface area contributed by atoms with E-state index in [9.17, 15) is 4.79 Å². The van der Waals surface area contributed by atoms with Crippen molar-refractivity contribution in [3.05, 3.63) is 0 Å². The Hall–Kier alpha value is -0.730. The number of urea groups is 1. The van der Waals surface area contributed by atoms with Gasteiger partial charge in [-0.25, -0.2) is 4.79 Å². The molecule has 13 heavy (non-hydrogen) atoms. The molecule has 1 heterocycles. The number of carbonyl (C=O) groups is 1. The van der Waals surface area contributed by atoms with Crippen LogP contribution in [0.5, 0.6) is 0 Å². The van der Waals surface area contributed by atoms with Crippen LogP contribution in [0.3, 0.4) is 0 Å². The van der Waals surface area contributed by atoms with Gasteiger partial charge in [-0.2, -0.15) is 0 Å². The second-order valence-corrected chi connectivity index (χ2v) is 4.82. The molecule has 0 atom stereocenters. The number of hydrogen-bond acceptors (Lipinski definition) is 1. The summed E-state index contributed by atoms with van der Waals surface area (Å²) in [6, 6.07) is 0.0217. The van der Waals surface area contributed by atoms with Crippen molar-refractivity contribution in [2.45, 2.75) is 38.6 Å². The number of nitrogens with one attached hydrogen (secondary N) is 2. The molecule has 1 saturated carbocycles. The van der Waals surface area contributed by atoms with Crippen molar-refractivity contribution in [3.8, 4) is 0 Å². The van der Waals surface area contributed by atoms with E-state index >= 15 is 0 Å². The van der Waals surface area contributed by atoms with Crippen molar-refractivity contribution >= 4 is 6.03 Å². The summed E-state index contributed by atoms with van der Waals surface area (Å²) in [6.45, 7) is 5.37. The fourth-order valence-corrected chi connectivity index (χ4v) is 2.48. The molecule has 3 heteroatoms. The van der Waals surface area contributed by atoms with Gasteiger partial charge in [-0.1, -0.05) is 13.8 Å². The number of amides is 2. The van der Waals surface area contributed by atoms with Crippen LogP contribution in [0.25, 0.3) is 0 Å². The summed E-state index contributed by atoms with van der Waals surface area (Å²) in [7, 11) is 0. The van der Waals surface area contributed by atoms with E-state index in [1.807, 2.05) is 0 Å². The lowest BCUT2D eigenvalue weighted by molar-refractivity contribution is 0.0613. The lowest BCUT2D eigenvalue weighted by atomic mass is 9.62. The van der Waals surface area contributed by atoms with Gasteiger partial charge in [0.15, 0.2) is 0 Å². The van der Waals surface area contributed by atoms with Crippen LogP contribution in [0.1, 0.15) is 33.1 Å². The van der Waals surface area contributed by atoms with Gasteiger partial charge in [0.25, 0.3) is 0 Å². The van der Waals surface area contributed by atoms with E-state index in [-0.39, 0.29) is 11.6 Å². The fourth-order valence-electron chi connectivity index (χ4n) is 2.48. The van der Waals surface area contributed by atoms with Crippen LogP contribution < -0.4 is 10.6 Å². The Balaban J connectivity index is 1.91. The summed E-state index contributed by atoms with van der Waals surface area (Å²) in [4.78, 5) is 11.1. The maximum absolute atomic E-state index is 11.1. The van der Waals surface area contributed by atoms with E-state index in [2.05, 4.69) is 24.5 Å². The average Bonchev–Trinajstić information content (AvgIpc) is 1.99. The Labute approximate surface area is 79.3 Å². The minimum atomic E-state index is 0.0217. The molecule has 0 aromatic heterocycles. The van der Waals surface area contributed by atoms with Crippen molar-refractivity contribution in [2.75, 3.05) is 6.54 Å². The molecule has 74 valence electrons. The molecule has 0 unspecified atom stereocenters.